The van der Waals surface area contributed by atoms with E-state index in [1.807, 2.05) is 18.2 Å². The third-order valence-corrected chi connectivity index (χ3v) is 2.59. The molecule has 0 fully saturated rings. The molecule has 0 atom stereocenters. The van der Waals surface area contributed by atoms with Gasteiger partial charge in [0, 0.05) is 32.4 Å². The van der Waals surface area contributed by atoms with E-state index in [1.165, 1.54) is 5.69 Å². The Morgan fingerprint density at radius 3 is 2.56 bits per heavy atom. The lowest BCUT2D eigenvalue weighted by atomic mass is 10.3. The van der Waals surface area contributed by atoms with Crippen LogP contribution < -0.4 is 5.32 Å². The van der Waals surface area contributed by atoms with Crippen molar-refractivity contribution < 1.29 is 4.74 Å². The molecule has 0 heterocycles. The summed E-state index contributed by atoms with van der Waals surface area (Å²) in [7, 11) is 1.75. The van der Waals surface area contributed by atoms with Crippen LogP contribution in [0.2, 0.25) is 0 Å². The van der Waals surface area contributed by atoms with Crippen molar-refractivity contribution in [1.82, 2.24) is 4.90 Å². The molecule has 0 radical (unpaired) electrons. The van der Waals surface area contributed by atoms with E-state index < -0.39 is 0 Å². The highest BCUT2D eigenvalue weighted by molar-refractivity contribution is 5.42. The lowest BCUT2D eigenvalue weighted by molar-refractivity contribution is 0.153. The first kappa shape index (κ1) is 13.0. The van der Waals surface area contributed by atoms with E-state index in [1.54, 1.807) is 7.11 Å². The Morgan fingerprint density at radius 1 is 1.19 bits per heavy atom. The molecule has 3 nitrogen and oxygen atoms in total. The normalized spacial score (nSPS) is 10.7. The second-order valence-electron chi connectivity index (χ2n) is 3.72. The molecule has 90 valence electrons. The first-order chi connectivity index (χ1) is 7.86. The lowest BCUT2D eigenvalue weighted by Gasteiger charge is -2.20. The van der Waals surface area contributed by atoms with Crippen LogP contribution in [0.15, 0.2) is 30.3 Å². The zero-order chi connectivity index (χ0) is 11.6. The summed E-state index contributed by atoms with van der Waals surface area (Å²) in [5, 5.41) is 3.40. The molecular weight excluding hydrogens is 200 g/mol. The number of hydrogen-bond acceptors (Lipinski definition) is 3. The van der Waals surface area contributed by atoms with Crippen molar-refractivity contribution in [3.05, 3.63) is 30.3 Å². The Bertz CT molecular complexity index is 264. The third kappa shape index (κ3) is 5.14. The number of methoxy groups -OCH3 is 1. The second kappa shape index (κ2) is 8.13. The molecule has 1 aromatic rings. The van der Waals surface area contributed by atoms with Gasteiger partial charge in [-0.1, -0.05) is 25.1 Å². The maximum Gasteiger partial charge on any atom is 0.0589 e. The van der Waals surface area contributed by atoms with Gasteiger partial charge in [-0.3, -0.25) is 4.90 Å². The number of anilines is 1. The van der Waals surface area contributed by atoms with Gasteiger partial charge in [0.1, 0.15) is 0 Å². The zero-order valence-electron chi connectivity index (χ0n) is 10.3. The standard InChI is InChI=1S/C13H22N2O/c1-3-15(11-12-16-2)10-9-14-13-7-5-4-6-8-13/h4-8,14H,3,9-12H2,1-2H3. The van der Waals surface area contributed by atoms with Crippen molar-refractivity contribution in [2.45, 2.75) is 6.92 Å². The van der Waals surface area contributed by atoms with Gasteiger partial charge in [-0.15, -0.1) is 0 Å². The highest BCUT2D eigenvalue weighted by Gasteiger charge is 2.00. The summed E-state index contributed by atoms with van der Waals surface area (Å²) in [6.07, 6.45) is 0. The molecule has 1 rings (SSSR count). The Hall–Kier alpha value is -1.06. The number of nitrogens with one attached hydrogen (secondary N) is 1. The molecule has 0 bridgehead atoms. The number of ether oxygens (including phenoxy) is 1. The van der Waals surface area contributed by atoms with Crippen molar-refractivity contribution in [2.24, 2.45) is 0 Å². The minimum absolute atomic E-state index is 0.805. The fraction of sp³-hybridized carbons (Fsp3) is 0.538. The van der Waals surface area contributed by atoms with Gasteiger partial charge in [0.2, 0.25) is 0 Å². The minimum Gasteiger partial charge on any atom is -0.384 e. The molecule has 0 saturated heterocycles. The molecule has 1 aromatic carbocycles. The van der Waals surface area contributed by atoms with Crippen LogP contribution >= 0.6 is 0 Å². The van der Waals surface area contributed by atoms with E-state index in [-0.39, 0.29) is 0 Å². The van der Waals surface area contributed by atoms with E-state index >= 15 is 0 Å². The van der Waals surface area contributed by atoms with Gasteiger partial charge < -0.3 is 10.1 Å². The lowest BCUT2D eigenvalue weighted by Crippen LogP contribution is -2.31. The highest BCUT2D eigenvalue weighted by atomic mass is 16.5. The predicted octanol–water partition coefficient (Wildman–Crippen LogP) is 2.07. The fourth-order valence-corrected chi connectivity index (χ4v) is 1.56. The Labute approximate surface area is 98.4 Å². The molecule has 0 aliphatic heterocycles. The van der Waals surface area contributed by atoms with Crippen LogP contribution in [0.3, 0.4) is 0 Å². The van der Waals surface area contributed by atoms with Gasteiger partial charge in [0.05, 0.1) is 6.61 Å². The van der Waals surface area contributed by atoms with Crippen LogP contribution in [-0.4, -0.2) is 44.8 Å². The maximum absolute atomic E-state index is 5.08. The highest BCUT2D eigenvalue weighted by Crippen LogP contribution is 2.03. The van der Waals surface area contributed by atoms with Gasteiger partial charge in [-0.05, 0) is 18.7 Å². The van der Waals surface area contributed by atoms with E-state index in [0.717, 1.165) is 32.8 Å². The molecule has 1 N–H and O–H groups in total. The Kier molecular flexibility index (Phi) is 6.61. The monoisotopic (exact) mass is 222 g/mol. The largest absolute Gasteiger partial charge is 0.384 e. The van der Waals surface area contributed by atoms with Crippen LogP contribution in [0.5, 0.6) is 0 Å². The number of hydrogen-bond donors (Lipinski definition) is 1. The molecule has 3 heteroatoms. The molecule has 0 amide bonds. The van der Waals surface area contributed by atoms with Gasteiger partial charge in [0.25, 0.3) is 0 Å². The molecule has 16 heavy (non-hydrogen) atoms. The summed E-state index contributed by atoms with van der Waals surface area (Å²) in [5.74, 6) is 0. The second-order valence-corrected chi connectivity index (χ2v) is 3.72. The van der Waals surface area contributed by atoms with E-state index in [4.69, 9.17) is 4.74 Å². The van der Waals surface area contributed by atoms with Crippen molar-refractivity contribution >= 4 is 5.69 Å². The number of likely N-dealkylation sites (N-methyl/N-ethyl adjacent to an activating group) is 1. The maximum atomic E-state index is 5.08. The molecule has 0 aromatic heterocycles. The van der Waals surface area contributed by atoms with Crippen LogP contribution in [0.4, 0.5) is 5.69 Å². The summed E-state index contributed by atoms with van der Waals surface area (Å²) in [6.45, 7) is 7.08. The Balaban J connectivity index is 2.18. The molecule has 0 saturated carbocycles. The summed E-state index contributed by atoms with van der Waals surface area (Å²) >= 11 is 0. The van der Waals surface area contributed by atoms with E-state index in [9.17, 15) is 0 Å². The van der Waals surface area contributed by atoms with Crippen molar-refractivity contribution in [3.63, 3.8) is 0 Å². The van der Waals surface area contributed by atoms with Crippen LogP contribution in [0.25, 0.3) is 0 Å². The number of benzene rings is 1. The van der Waals surface area contributed by atoms with Crippen LogP contribution in [0.1, 0.15) is 6.92 Å². The average molecular weight is 222 g/mol. The average Bonchev–Trinajstić information content (AvgIpc) is 2.35. The molecular formula is C13H22N2O. The first-order valence-electron chi connectivity index (χ1n) is 5.87. The summed E-state index contributed by atoms with van der Waals surface area (Å²) in [4.78, 5) is 2.37. The van der Waals surface area contributed by atoms with Gasteiger partial charge in [0.15, 0.2) is 0 Å². The first-order valence-corrected chi connectivity index (χ1v) is 5.87. The SMILES string of the molecule is CCN(CCNc1ccccc1)CCOC. The molecule has 0 aliphatic rings. The van der Waals surface area contributed by atoms with E-state index in [2.05, 4.69) is 29.3 Å². The molecule has 0 aliphatic carbocycles. The smallest absolute Gasteiger partial charge is 0.0589 e. The topological polar surface area (TPSA) is 24.5 Å². The Morgan fingerprint density at radius 2 is 1.94 bits per heavy atom. The van der Waals surface area contributed by atoms with Crippen molar-refractivity contribution in [2.75, 3.05) is 45.2 Å². The summed E-state index contributed by atoms with van der Waals surface area (Å²) in [6, 6.07) is 10.3. The van der Waals surface area contributed by atoms with Gasteiger partial charge in [-0.25, -0.2) is 0 Å². The fourth-order valence-electron chi connectivity index (χ4n) is 1.56. The van der Waals surface area contributed by atoms with Crippen molar-refractivity contribution in [3.8, 4) is 0 Å². The van der Waals surface area contributed by atoms with Crippen molar-refractivity contribution in [1.29, 1.82) is 0 Å². The minimum atomic E-state index is 0.805. The zero-order valence-corrected chi connectivity index (χ0v) is 10.3. The molecule has 0 unspecified atom stereocenters. The predicted molar refractivity (Wildman–Crippen MR) is 68.9 cm³/mol. The number of nitrogens with zero attached hydrogens (tertiary/aromatic N) is 1. The quantitative estimate of drug-likeness (QED) is 0.728. The van der Waals surface area contributed by atoms with E-state index in [0.29, 0.717) is 0 Å². The molecule has 0 spiro atoms. The van der Waals surface area contributed by atoms with Gasteiger partial charge in [-0.2, -0.15) is 0 Å². The number of rotatable bonds is 8. The van der Waals surface area contributed by atoms with Gasteiger partial charge >= 0.3 is 0 Å². The summed E-state index contributed by atoms with van der Waals surface area (Å²) < 4.78 is 5.08. The third-order valence-electron chi connectivity index (χ3n) is 2.59. The van der Waals surface area contributed by atoms with Crippen LogP contribution in [-0.2, 0) is 4.74 Å². The number of para-hydroxylation sites is 1. The van der Waals surface area contributed by atoms with Crippen LogP contribution in [0, 0.1) is 0 Å². The summed E-state index contributed by atoms with van der Waals surface area (Å²) in [5.41, 5.74) is 1.19.